The van der Waals surface area contributed by atoms with Crippen LogP contribution in [0.15, 0.2) is 18.3 Å². The van der Waals surface area contributed by atoms with Crippen LogP contribution in [0.1, 0.15) is 0 Å². The van der Waals surface area contributed by atoms with Gasteiger partial charge in [-0.25, -0.2) is 4.98 Å². The molecule has 0 atom stereocenters. The van der Waals surface area contributed by atoms with E-state index >= 15 is 0 Å². The van der Waals surface area contributed by atoms with Crippen LogP contribution < -0.4 is 5.46 Å². The highest BCUT2D eigenvalue weighted by Crippen LogP contribution is 1.83. The summed E-state index contributed by atoms with van der Waals surface area (Å²) >= 11 is 0. The van der Waals surface area contributed by atoms with Crippen molar-refractivity contribution in [2.75, 3.05) is 0 Å². The van der Waals surface area contributed by atoms with Crippen molar-refractivity contribution < 1.29 is 4.39 Å². The van der Waals surface area contributed by atoms with Crippen LogP contribution in [0.25, 0.3) is 0 Å². The van der Waals surface area contributed by atoms with Crippen molar-refractivity contribution in [3.05, 3.63) is 24.3 Å². The standard InChI is InChI=1S/C5H5BFN/c6-4-1-2-5(7)8-3-4/h1-3H,6H2. The van der Waals surface area contributed by atoms with Crippen LogP contribution in [0, 0.1) is 5.95 Å². The fourth-order valence-corrected chi connectivity index (χ4v) is 0.450. The number of pyridine rings is 1. The number of nitrogens with zero attached hydrogens (tertiary/aromatic N) is 1. The zero-order chi connectivity index (χ0) is 5.98. The van der Waals surface area contributed by atoms with E-state index in [4.69, 9.17) is 0 Å². The smallest absolute Gasteiger partial charge is 0.212 e. The predicted molar refractivity (Wildman–Crippen MR) is 32.4 cm³/mol. The maximum Gasteiger partial charge on any atom is 0.212 e. The molecule has 0 saturated carbocycles. The minimum atomic E-state index is -0.421. The molecule has 0 amide bonds. The summed E-state index contributed by atoms with van der Waals surface area (Å²) in [6.07, 6.45) is 1.50. The molecule has 1 aromatic rings. The molecule has 0 aliphatic rings. The molecule has 0 bridgehead atoms. The van der Waals surface area contributed by atoms with Crippen LogP contribution >= 0.6 is 0 Å². The van der Waals surface area contributed by atoms with Crippen molar-refractivity contribution in [1.82, 2.24) is 4.98 Å². The Balaban J connectivity index is 3.03. The average molecular weight is 109 g/mol. The van der Waals surface area contributed by atoms with Gasteiger partial charge in [-0.1, -0.05) is 11.5 Å². The van der Waals surface area contributed by atoms with Gasteiger partial charge in [0, 0.05) is 6.20 Å². The van der Waals surface area contributed by atoms with Crippen molar-refractivity contribution in [3.8, 4) is 0 Å². The maximum absolute atomic E-state index is 12.0. The fraction of sp³-hybridized carbons (Fsp3) is 0. The Morgan fingerprint density at radius 1 is 1.50 bits per heavy atom. The van der Waals surface area contributed by atoms with E-state index in [0.29, 0.717) is 0 Å². The highest BCUT2D eigenvalue weighted by Gasteiger charge is 1.85. The first-order valence-corrected chi connectivity index (χ1v) is 2.37. The molecule has 0 radical (unpaired) electrons. The Kier molecular flexibility index (Phi) is 1.28. The summed E-state index contributed by atoms with van der Waals surface area (Å²) in [5.74, 6) is -0.421. The molecule has 0 unspecified atom stereocenters. The van der Waals surface area contributed by atoms with Gasteiger partial charge in [-0.2, -0.15) is 4.39 Å². The molecule has 1 nitrogen and oxygen atoms in total. The fourth-order valence-electron chi connectivity index (χ4n) is 0.450. The Labute approximate surface area is 48.0 Å². The quantitative estimate of drug-likeness (QED) is 0.322. The molecule has 0 N–H and O–H groups in total. The third kappa shape index (κ3) is 1.06. The first kappa shape index (κ1) is 5.28. The number of hydrogen-bond acceptors (Lipinski definition) is 1. The Morgan fingerprint density at radius 2 is 2.25 bits per heavy atom. The van der Waals surface area contributed by atoms with E-state index in [9.17, 15) is 4.39 Å². The molecule has 0 spiro atoms. The molecule has 1 rings (SSSR count). The van der Waals surface area contributed by atoms with E-state index in [0.717, 1.165) is 5.46 Å². The van der Waals surface area contributed by atoms with E-state index < -0.39 is 5.95 Å². The third-order valence-corrected chi connectivity index (χ3v) is 0.875. The summed E-state index contributed by atoms with van der Waals surface area (Å²) in [5.41, 5.74) is 0.978. The summed E-state index contributed by atoms with van der Waals surface area (Å²) in [6, 6.07) is 3.03. The summed E-state index contributed by atoms with van der Waals surface area (Å²) in [4.78, 5) is 3.41. The van der Waals surface area contributed by atoms with Gasteiger partial charge < -0.3 is 0 Å². The lowest BCUT2D eigenvalue weighted by atomic mass is 9.99. The number of rotatable bonds is 0. The largest absolute Gasteiger partial charge is 0.229 e. The van der Waals surface area contributed by atoms with Crippen molar-refractivity contribution >= 4 is 13.3 Å². The molecule has 8 heavy (non-hydrogen) atoms. The summed E-state index contributed by atoms with van der Waals surface area (Å²) in [7, 11) is 1.87. The van der Waals surface area contributed by atoms with Gasteiger partial charge >= 0.3 is 0 Å². The van der Waals surface area contributed by atoms with Gasteiger partial charge in [0.1, 0.15) is 7.85 Å². The van der Waals surface area contributed by atoms with Gasteiger partial charge in [-0.3, -0.25) is 0 Å². The normalized spacial score (nSPS) is 9.12. The predicted octanol–water partition coefficient (Wildman–Crippen LogP) is -0.521. The topological polar surface area (TPSA) is 12.9 Å². The summed E-state index contributed by atoms with van der Waals surface area (Å²) in [5, 5.41) is 0. The SMILES string of the molecule is Bc1ccc(F)nc1. The highest BCUT2D eigenvalue weighted by atomic mass is 19.1. The van der Waals surface area contributed by atoms with Crippen molar-refractivity contribution in [2.24, 2.45) is 0 Å². The summed E-state index contributed by atoms with van der Waals surface area (Å²) < 4.78 is 12.0. The first-order chi connectivity index (χ1) is 3.79. The lowest BCUT2D eigenvalue weighted by molar-refractivity contribution is 0.584. The Bertz CT molecular complexity index is 151. The van der Waals surface area contributed by atoms with Gasteiger partial charge in [0.15, 0.2) is 0 Å². The molecular formula is C5H5BFN. The molecule has 1 aromatic heterocycles. The molecule has 40 valence electrons. The zero-order valence-electron chi connectivity index (χ0n) is 4.56. The Hall–Kier alpha value is -0.855. The van der Waals surface area contributed by atoms with Gasteiger partial charge in [-0.05, 0) is 6.07 Å². The minimum absolute atomic E-state index is 0.421. The molecular weight excluding hydrogens is 104 g/mol. The van der Waals surface area contributed by atoms with E-state index in [2.05, 4.69) is 4.98 Å². The lowest BCUT2D eigenvalue weighted by Crippen LogP contribution is -2.02. The molecule has 0 aliphatic carbocycles. The zero-order valence-corrected chi connectivity index (χ0v) is 4.56. The molecule has 0 aliphatic heterocycles. The average Bonchev–Trinajstić information content (AvgIpc) is 1.77. The van der Waals surface area contributed by atoms with Gasteiger partial charge in [0.25, 0.3) is 0 Å². The number of aromatic nitrogens is 1. The van der Waals surface area contributed by atoms with Crippen LogP contribution in [-0.2, 0) is 0 Å². The van der Waals surface area contributed by atoms with Crippen LogP contribution in [-0.4, -0.2) is 12.8 Å². The third-order valence-electron chi connectivity index (χ3n) is 0.875. The maximum atomic E-state index is 12.0. The van der Waals surface area contributed by atoms with E-state index in [-0.39, 0.29) is 0 Å². The second kappa shape index (κ2) is 1.94. The van der Waals surface area contributed by atoms with Gasteiger partial charge in [-0.15, -0.1) is 0 Å². The van der Waals surface area contributed by atoms with Gasteiger partial charge in [0.2, 0.25) is 5.95 Å². The van der Waals surface area contributed by atoms with Gasteiger partial charge in [0.05, 0.1) is 0 Å². The van der Waals surface area contributed by atoms with Crippen LogP contribution in [0.4, 0.5) is 4.39 Å². The van der Waals surface area contributed by atoms with Crippen LogP contribution in [0.2, 0.25) is 0 Å². The summed E-state index contributed by atoms with van der Waals surface area (Å²) in [6.45, 7) is 0. The molecule has 0 saturated heterocycles. The number of hydrogen-bond donors (Lipinski definition) is 0. The van der Waals surface area contributed by atoms with Crippen molar-refractivity contribution in [2.45, 2.75) is 0 Å². The van der Waals surface area contributed by atoms with Crippen molar-refractivity contribution in [3.63, 3.8) is 0 Å². The second-order valence-electron chi connectivity index (χ2n) is 1.66. The van der Waals surface area contributed by atoms with Crippen LogP contribution in [0.5, 0.6) is 0 Å². The van der Waals surface area contributed by atoms with Crippen LogP contribution in [0.3, 0.4) is 0 Å². The number of halogens is 1. The molecule has 0 fully saturated rings. The Morgan fingerprint density at radius 3 is 2.62 bits per heavy atom. The molecule has 1 heterocycles. The van der Waals surface area contributed by atoms with E-state index in [1.165, 1.54) is 12.3 Å². The first-order valence-electron chi connectivity index (χ1n) is 2.37. The van der Waals surface area contributed by atoms with E-state index in [1.54, 1.807) is 6.07 Å². The molecule has 0 aromatic carbocycles. The van der Waals surface area contributed by atoms with E-state index in [1.807, 2.05) is 7.85 Å². The minimum Gasteiger partial charge on any atom is -0.229 e. The van der Waals surface area contributed by atoms with Crippen molar-refractivity contribution in [1.29, 1.82) is 0 Å². The lowest BCUT2D eigenvalue weighted by Gasteiger charge is -1.86. The highest BCUT2D eigenvalue weighted by molar-refractivity contribution is 6.31. The monoisotopic (exact) mass is 109 g/mol. The second-order valence-corrected chi connectivity index (χ2v) is 1.66. The molecule has 3 heteroatoms.